The molecule has 21 heavy (non-hydrogen) atoms. The minimum atomic E-state index is -0.462. The molecule has 110 valence electrons. The molecule has 0 spiro atoms. The molecule has 0 atom stereocenters. The van der Waals surface area contributed by atoms with E-state index in [4.69, 9.17) is 10.5 Å². The number of rotatable bonds is 5. The third kappa shape index (κ3) is 3.88. The van der Waals surface area contributed by atoms with Gasteiger partial charge in [-0.15, -0.1) is 0 Å². The van der Waals surface area contributed by atoms with Gasteiger partial charge in [0.25, 0.3) is 0 Å². The number of carbonyl (C=O) groups is 1. The molecule has 7 nitrogen and oxygen atoms in total. The molecule has 0 aliphatic heterocycles. The lowest BCUT2D eigenvalue weighted by Gasteiger charge is -2.09. The minimum Gasteiger partial charge on any atom is -0.462 e. The Bertz CT molecular complexity index is 628. The fourth-order valence-electron chi connectivity index (χ4n) is 1.64. The van der Waals surface area contributed by atoms with Crippen LogP contribution in [0.5, 0.6) is 0 Å². The van der Waals surface area contributed by atoms with Crippen LogP contribution < -0.4 is 11.1 Å². The first-order chi connectivity index (χ1) is 10.1. The number of ether oxygens (including phenoxy) is 1. The Kier molecular flexibility index (Phi) is 4.65. The average Bonchev–Trinajstić information content (AvgIpc) is 2.48. The molecule has 3 N–H and O–H groups in total. The molecular formula is C14H17N5O2. The van der Waals surface area contributed by atoms with Crippen molar-refractivity contribution in [2.75, 3.05) is 17.7 Å². The molecule has 0 saturated heterocycles. The molecule has 0 fully saturated rings. The third-order valence-corrected chi connectivity index (χ3v) is 2.72. The van der Waals surface area contributed by atoms with Crippen molar-refractivity contribution >= 4 is 17.5 Å². The van der Waals surface area contributed by atoms with E-state index in [0.29, 0.717) is 24.5 Å². The SMILES string of the molecule is CCOC(=O)c1cc(NCc2cnc(C)cn2)ncc1N. The number of esters is 1. The van der Waals surface area contributed by atoms with Crippen LogP contribution in [0, 0.1) is 6.92 Å². The highest BCUT2D eigenvalue weighted by atomic mass is 16.5. The molecule has 0 aliphatic carbocycles. The van der Waals surface area contributed by atoms with Gasteiger partial charge >= 0.3 is 5.97 Å². The number of carbonyl (C=O) groups excluding carboxylic acids is 1. The van der Waals surface area contributed by atoms with Crippen LogP contribution in [-0.2, 0) is 11.3 Å². The summed E-state index contributed by atoms with van der Waals surface area (Å²) in [6.07, 6.45) is 4.80. The predicted molar refractivity (Wildman–Crippen MR) is 78.7 cm³/mol. The first kappa shape index (κ1) is 14.7. The zero-order valence-corrected chi connectivity index (χ0v) is 12.0. The van der Waals surface area contributed by atoms with Gasteiger partial charge in [-0.05, 0) is 19.9 Å². The van der Waals surface area contributed by atoms with E-state index in [9.17, 15) is 4.79 Å². The molecule has 0 aliphatic rings. The first-order valence-electron chi connectivity index (χ1n) is 6.54. The summed E-state index contributed by atoms with van der Waals surface area (Å²) in [6.45, 7) is 4.36. The number of hydrogen-bond acceptors (Lipinski definition) is 7. The highest BCUT2D eigenvalue weighted by Gasteiger charge is 2.12. The van der Waals surface area contributed by atoms with E-state index in [2.05, 4.69) is 20.3 Å². The van der Waals surface area contributed by atoms with E-state index in [1.54, 1.807) is 25.4 Å². The summed E-state index contributed by atoms with van der Waals surface area (Å²) in [4.78, 5) is 24.3. The van der Waals surface area contributed by atoms with Crippen LogP contribution in [0.2, 0.25) is 0 Å². The molecular weight excluding hydrogens is 270 g/mol. The number of aromatic nitrogens is 3. The number of aryl methyl sites for hydroxylation is 1. The second-order valence-corrected chi connectivity index (χ2v) is 4.38. The fraction of sp³-hybridized carbons (Fsp3) is 0.286. The van der Waals surface area contributed by atoms with Crippen molar-refractivity contribution in [2.24, 2.45) is 0 Å². The summed E-state index contributed by atoms with van der Waals surface area (Å²) in [5.41, 5.74) is 7.94. The van der Waals surface area contributed by atoms with E-state index in [1.165, 1.54) is 6.20 Å². The Hall–Kier alpha value is -2.70. The average molecular weight is 287 g/mol. The summed E-state index contributed by atoms with van der Waals surface area (Å²) in [7, 11) is 0. The number of hydrogen-bond donors (Lipinski definition) is 2. The van der Waals surface area contributed by atoms with Gasteiger partial charge in [0.2, 0.25) is 0 Å². The zero-order chi connectivity index (χ0) is 15.2. The lowest BCUT2D eigenvalue weighted by molar-refractivity contribution is 0.0527. The van der Waals surface area contributed by atoms with Crippen molar-refractivity contribution < 1.29 is 9.53 Å². The quantitative estimate of drug-likeness (QED) is 0.804. The van der Waals surface area contributed by atoms with Crippen molar-refractivity contribution in [1.29, 1.82) is 0 Å². The topological polar surface area (TPSA) is 103 Å². The Labute approximate surface area is 122 Å². The maximum absolute atomic E-state index is 11.7. The standard InChI is InChI=1S/C14H17N5O2/c1-3-21-14(20)11-4-13(19-8-12(11)15)18-7-10-6-16-9(2)5-17-10/h4-6,8H,3,7,15H2,1-2H3,(H,18,19). The van der Waals surface area contributed by atoms with Crippen molar-refractivity contribution in [3.05, 3.63) is 41.6 Å². The molecule has 0 aromatic carbocycles. The number of nitrogens with zero attached hydrogens (tertiary/aromatic N) is 3. The predicted octanol–water partition coefficient (Wildman–Crippen LogP) is 1.55. The summed E-state index contributed by atoms with van der Waals surface area (Å²) in [5, 5.41) is 3.07. The van der Waals surface area contributed by atoms with Gasteiger partial charge < -0.3 is 15.8 Å². The van der Waals surface area contributed by atoms with Crippen molar-refractivity contribution in [3.8, 4) is 0 Å². The number of pyridine rings is 1. The molecule has 0 unspecified atom stereocenters. The van der Waals surface area contributed by atoms with Gasteiger partial charge in [0.1, 0.15) is 5.82 Å². The largest absolute Gasteiger partial charge is 0.462 e. The van der Waals surface area contributed by atoms with Crippen LogP contribution in [0.1, 0.15) is 28.7 Å². The van der Waals surface area contributed by atoms with Gasteiger partial charge in [-0.25, -0.2) is 9.78 Å². The summed E-state index contributed by atoms with van der Waals surface area (Å²) in [5.74, 6) is 0.0604. The Morgan fingerprint density at radius 1 is 1.29 bits per heavy atom. The maximum Gasteiger partial charge on any atom is 0.340 e. The lowest BCUT2D eigenvalue weighted by atomic mass is 10.2. The third-order valence-electron chi connectivity index (χ3n) is 2.72. The molecule has 0 amide bonds. The van der Waals surface area contributed by atoms with Crippen LogP contribution in [-0.4, -0.2) is 27.5 Å². The molecule has 2 heterocycles. The minimum absolute atomic E-state index is 0.286. The lowest BCUT2D eigenvalue weighted by Crippen LogP contribution is -2.10. The maximum atomic E-state index is 11.7. The van der Waals surface area contributed by atoms with Crippen molar-refractivity contribution in [1.82, 2.24) is 15.0 Å². The van der Waals surface area contributed by atoms with Crippen LogP contribution in [0.15, 0.2) is 24.7 Å². The summed E-state index contributed by atoms with van der Waals surface area (Å²) < 4.78 is 4.94. The summed E-state index contributed by atoms with van der Waals surface area (Å²) in [6, 6.07) is 1.56. The zero-order valence-electron chi connectivity index (χ0n) is 12.0. The van der Waals surface area contributed by atoms with E-state index < -0.39 is 5.97 Å². The van der Waals surface area contributed by atoms with Crippen LogP contribution in [0.4, 0.5) is 11.5 Å². The number of anilines is 2. The van der Waals surface area contributed by atoms with Crippen molar-refractivity contribution in [3.63, 3.8) is 0 Å². The molecule has 0 saturated carbocycles. The van der Waals surface area contributed by atoms with Crippen LogP contribution >= 0.6 is 0 Å². The molecule has 0 radical (unpaired) electrons. The van der Waals surface area contributed by atoms with Crippen LogP contribution in [0.3, 0.4) is 0 Å². The smallest absolute Gasteiger partial charge is 0.340 e. The molecule has 0 bridgehead atoms. The van der Waals surface area contributed by atoms with E-state index in [0.717, 1.165) is 11.4 Å². The normalized spacial score (nSPS) is 10.2. The highest BCUT2D eigenvalue weighted by molar-refractivity contribution is 5.95. The fourth-order valence-corrected chi connectivity index (χ4v) is 1.64. The monoisotopic (exact) mass is 287 g/mol. The molecule has 7 heteroatoms. The van der Waals surface area contributed by atoms with Gasteiger partial charge in [-0.2, -0.15) is 0 Å². The number of nitrogens with two attached hydrogens (primary N) is 1. The number of nitrogen functional groups attached to an aromatic ring is 1. The Morgan fingerprint density at radius 3 is 2.76 bits per heavy atom. The second kappa shape index (κ2) is 6.65. The molecule has 2 rings (SSSR count). The Balaban J connectivity index is 2.08. The van der Waals surface area contributed by atoms with Gasteiger partial charge in [0, 0.05) is 6.20 Å². The van der Waals surface area contributed by atoms with E-state index in [1.807, 2.05) is 6.92 Å². The van der Waals surface area contributed by atoms with Gasteiger partial charge in [0.15, 0.2) is 0 Å². The van der Waals surface area contributed by atoms with E-state index in [-0.39, 0.29) is 5.69 Å². The second-order valence-electron chi connectivity index (χ2n) is 4.38. The van der Waals surface area contributed by atoms with Gasteiger partial charge in [-0.3, -0.25) is 9.97 Å². The Morgan fingerprint density at radius 2 is 2.10 bits per heavy atom. The van der Waals surface area contributed by atoms with Crippen LogP contribution in [0.25, 0.3) is 0 Å². The number of nitrogens with one attached hydrogen (secondary N) is 1. The van der Waals surface area contributed by atoms with Crippen molar-refractivity contribution in [2.45, 2.75) is 20.4 Å². The first-order valence-corrected chi connectivity index (χ1v) is 6.54. The molecule has 2 aromatic heterocycles. The highest BCUT2D eigenvalue weighted by Crippen LogP contribution is 2.16. The molecule has 2 aromatic rings. The van der Waals surface area contributed by atoms with E-state index >= 15 is 0 Å². The van der Waals surface area contributed by atoms with Gasteiger partial charge in [-0.1, -0.05) is 0 Å². The van der Waals surface area contributed by atoms with Gasteiger partial charge in [0.05, 0.1) is 48.2 Å². The summed E-state index contributed by atoms with van der Waals surface area (Å²) >= 11 is 0.